The molecule has 0 saturated heterocycles. The average molecular weight is 256 g/mol. The van der Waals surface area contributed by atoms with Crippen molar-refractivity contribution >= 4 is 23.1 Å². The molecule has 0 radical (unpaired) electrons. The zero-order valence-electron chi connectivity index (χ0n) is 10.8. The van der Waals surface area contributed by atoms with Crippen LogP contribution in [0.2, 0.25) is 0 Å². The molecule has 2 nitrogen and oxygen atoms in total. The fourth-order valence-electron chi connectivity index (χ4n) is 2.07. The van der Waals surface area contributed by atoms with Gasteiger partial charge in [-0.25, -0.2) is 4.98 Å². The second kappa shape index (κ2) is 5.38. The number of rotatable bonds is 2. The maximum Gasteiger partial charge on any atom is 0.0991 e. The second-order valence-corrected chi connectivity index (χ2v) is 4.50. The van der Waals surface area contributed by atoms with Crippen molar-refractivity contribution in [2.75, 3.05) is 0 Å². The average Bonchev–Trinajstić information content (AvgIpc) is 2.53. The lowest BCUT2D eigenvalue weighted by Gasteiger charge is -1.98. The fraction of sp³-hybridized carbons (Fsp3) is 0. The Hall–Kier alpha value is -2.92. The number of hydrogen-bond acceptors (Lipinski definition) is 2. The highest BCUT2D eigenvalue weighted by molar-refractivity contribution is 5.80. The first-order chi connectivity index (χ1) is 9.85. The summed E-state index contributed by atoms with van der Waals surface area (Å²) in [6.45, 7) is 0. The maximum absolute atomic E-state index is 8.88. The number of nitriles is 1. The van der Waals surface area contributed by atoms with Crippen LogP contribution in [-0.4, -0.2) is 4.98 Å². The molecule has 0 aliphatic heterocycles. The van der Waals surface area contributed by atoms with Gasteiger partial charge in [0.2, 0.25) is 0 Å². The molecule has 0 atom stereocenters. The van der Waals surface area contributed by atoms with E-state index in [-0.39, 0.29) is 0 Å². The Balaban J connectivity index is 1.92. The third-order valence-corrected chi connectivity index (χ3v) is 3.08. The van der Waals surface area contributed by atoms with Gasteiger partial charge in [-0.2, -0.15) is 5.26 Å². The number of hydrogen-bond donors (Lipinski definition) is 0. The Labute approximate surface area is 117 Å². The van der Waals surface area contributed by atoms with Crippen LogP contribution in [0.5, 0.6) is 0 Å². The third kappa shape index (κ3) is 2.57. The molecule has 0 fully saturated rings. The largest absolute Gasteiger partial charge is 0.248 e. The van der Waals surface area contributed by atoms with Crippen molar-refractivity contribution in [1.82, 2.24) is 4.98 Å². The van der Waals surface area contributed by atoms with Crippen molar-refractivity contribution in [2.45, 2.75) is 0 Å². The highest BCUT2D eigenvalue weighted by Crippen LogP contribution is 2.14. The summed E-state index contributed by atoms with van der Waals surface area (Å²) in [6, 6.07) is 21.7. The summed E-state index contributed by atoms with van der Waals surface area (Å²) in [5.41, 5.74) is 3.56. The van der Waals surface area contributed by atoms with Gasteiger partial charge in [0.05, 0.1) is 22.8 Å². The smallest absolute Gasteiger partial charge is 0.0991 e. The summed E-state index contributed by atoms with van der Waals surface area (Å²) in [5, 5.41) is 10.0. The minimum absolute atomic E-state index is 0.665. The zero-order chi connectivity index (χ0) is 13.8. The Morgan fingerprint density at radius 3 is 2.70 bits per heavy atom. The normalized spacial score (nSPS) is 10.8. The van der Waals surface area contributed by atoms with Crippen molar-refractivity contribution < 1.29 is 0 Å². The molecular weight excluding hydrogens is 244 g/mol. The summed E-state index contributed by atoms with van der Waals surface area (Å²) in [5.74, 6) is 0. The highest BCUT2D eigenvalue weighted by Gasteiger charge is 1.95. The molecule has 20 heavy (non-hydrogen) atoms. The number of nitrogens with zero attached hydrogens (tertiary/aromatic N) is 2. The van der Waals surface area contributed by atoms with Crippen LogP contribution in [0.15, 0.2) is 60.7 Å². The number of fused-ring (bicyclic) bond motifs is 1. The van der Waals surface area contributed by atoms with Crippen LogP contribution in [0.4, 0.5) is 0 Å². The minimum atomic E-state index is 0.665. The summed E-state index contributed by atoms with van der Waals surface area (Å²) in [6.07, 6.45) is 3.93. The van der Waals surface area contributed by atoms with Gasteiger partial charge in [-0.05, 0) is 35.9 Å². The lowest BCUT2D eigenvalue weighted by Crippen LogP contribution is -1.82. The summed E-state index contributed by atoms with van der Waals surface area (Å²) < 4.78 is 0. The number of benzene rings is 2. The standard InChI is InChI=1S/C18H12N2/c19-13-15-5-3-4-14(12-15)8-10-17-11-9-16-6-1-2-7-18(16)20-17/h1-12H/b10-8+. The quantitative estimate of drug-likeness (QED) is 0.686. The van der Waals surface area contributed by atoms with Crippen LogP contribution in [0, 0.1) is 11.3 Å². The molecule has 0 saturated carbocycles. The topological polar surface area (TPSA) is 36.7 Å². The molecule has 1 heterocycles. The van der Waals surface area contributed by atoms with Gasteiger partial charge < -0.3 is 0 Å². The van der Waals surface area contributed by atoms with Crippen molar-refractivity contribution in [3.63, 3.8) is 0 Å². The molecule has 0 aliphatic carbocycles. The monoisotopic (exact) mass is 256 g/mol. The van der Waals surface area contributed by atoms with Crippen LogP contribution in [0.3, 0.4) is 0 Å². The van der Waals surface area contributed by atoms with E-state index in [4.69, 9.17) is 5.26 Å². The van der Waals surface area contributed by atoms with Crippen molar-refractivity contribution in [2.24, 2.45) is 0 Å². The van der Waals surface area contributed by atoms with E-state index in [0.717, 1.165) is 22.2 Å². The van der Waals surface area contributed by atoms with Gasteiger partial charge in [0.25, 0.3) is 0 Å². The molecule has 1 aromatic heterocycles. The lowest BCUT2D eigenvalue weighted by molar-refractivity contribution is 1.37. The fourth-order valence-corrected chi connectivity index (χ4v) is 2.07. The van der Waals surface area contributed by atoms with Gasteiger partial charge in [0, 0.05) is 5.39 Å². The highest BCUT2D eigenvalue weighted by atomic mass is 14.7. The second-order valence-electron chi connectivity index (χ2n) is 4.50. The van der Waals surface area contributed by atoms with E-state index in [1.54, 1.807) is 6.07 Å². The summed E-state index contributed by atoms with van der Waals surface area (Å²) in [7, 11) is 0. The van der Waals surface area contributed by atoms with Gasteiger partial charge in [-0.1, -0.05) is 42.5 Å². The Bertz CT molecular complexity index is 826. The van der Waals surface area contributed by atoms with Crippen molar-refractivity contribution in [3.8, 4) is 6.07 Å². The number of aromatic nitrogens is 1. The van der Waals surface area contributed by atoms with E-state index in [9.17, 15) is 0 Å². The molecule has 0 spiro atoms. The van der Waals surface area contributed by atoms with Crippen LogP contribution >= 0.6 is 0 Å². The number of para-hydroxylation sites is 1. The van der Waals surface area contributed by atoms with Gasteiger partial charge in [-0.15, -0.1) is 0 Å². The van der Waals surface area contributed by atoms with E-state index in [0.29, 0.717) is 5.56 Å². The molecule has 0 N–H and O–H groups in total. The summed E-state index contributed by atoms with van der Waals surface area (Å²) >= 11 is 0. The predicted octanol–water partition coefficient (Wildman–Crippen LogP) is 4.28. The maximum atomic E-state index is 8.88. The first-order valence-electron chi connectivity index (χ1n) is 6.39. The SMILES string of the molecule is N#Cc1cccc(/C=C/c2ccc3ccccc3n2)c1. The number of pyridine rings is 1. The molecular formula is C18H12N2. The molecule has 0 amide bonds. The molecule has 94 valence electrons. The first kappa shape index (κ1) is 12.1. The lowest BCUT2D eigenvalue weighted by atomic mass is 10.1. The van der Waals surface area contributed by atoms with Gasteiger partial charge in [0.15, 0.2) is 0 Å². The Morgan fingerprint density at radius 2 is 1.80 bits per heavy atom. The van der Waals surface area contributed by atoms with E-state index in [1.807, 2.05) is 60.7 Å². The van der Waals surface area contributed by atoms with Crippen molar-refractivity contribution in [3.05, 3.63) is 77.5 Å². The molecule has 0 aliphatic rings. The molecule has 3 aromatic rings. The Kier molecular flexibility index (Phi) is 3.26. The Morgan fingerprint density at radius 1 is 0.900 bits per heavy atom. The van der Waals surface area contributed by atoms with Crippen LogP contribution in [0.25, 0.3) is 23.1 Å². The molecule has 0 unspecified atom stereocenters. The van der Waals surface area contributed by atoms with Gasteiger partial charge in [0.1, 0.15) is 0 Å². The van der Waals surface area contributed by atoms with E-state index in [1.165, 1.54) is 0 Å². The predicted molar refractivity (Wildman–Crippen MR) is 81.8 cm³/mol. The zero-order valence-corrected chi connectivity index (χ0v) is 10.8. The summed E-state index contributed by atoms with van der Waals surface area (Å²) in [4.78, 5) is 4.58. The molecule has 3 rings (SSSR count). The van der Waals surface area contributed by atoms with E-state index >= 15 is 0 Å². The molecule has 0 bridgehead atoms. The third-order valence-electron chi connectivity index (χ3n) is 3.08. The molecule has 2 heteroatoms. The first-order valence-corrected chi connectivity index (χ1v) is 6.39. The minimum Gasteiger partial charge on any atom is -0.248 e. The van der Waals surface area contributed by atoms with Crippen molar-refractivity contribution in [1.29, 1.82) is 5.26 Å². The van der Waals surface area contributed by atoms with Crippen LogP contribution in [-0.2, 0) is 0 Å². The van der Waals surface area contributed by atoms with E-state index in [2.05, 4.69) is 17.1 Å². The van der Waals surface area contributed by atoms with Gasteiger partial charge in [-0.3, -0.25) is 0 Å². The van der Waals surface area contributed by atoms with Gasteiger partial charge >= 0.3 is 0 Å². The van der Waals surface area contributed by atoms with Crippen LogP contribution < -0.4 is 0 Å². The van der Waals surface area contributed by atoms with Crippen LogP contribution in [0.1, 0.15) is 16.8 Å². The van der Waals surface area contributed by atoms with E-state index < -0.39 is 0 Å². The molecule has 2 aromatic carbocycles.